The number of aliphatic carboxylic acids is 1. The fourth-order valence-electron chi connectivity index (χ4n) is 1.65. The van der Waals surface area contributed by atoms with Crippen molar-refractivity contribution in [2.45, 2.75) is 32.7 Å². The minimum Gasteiger partial charge on any atom is -0.481 e. The molecular weight excluding hydrogens is 268 g/mol. The van der Waals surface area contributed by atoms with Gasteiger partial charge in [-0.25, -0.2) is 8.78 Å². The second kappa shape index (κ2) is 6.98. The molecule has 0 aromatic heterocycles. The maximum Gasteiger partial charge on any atom is 0.308 e. The Hall–Kier alpha value is -1.98. The number of hydrogen-bond acceptors (Lipinski definition) is 2. The number of carboxylic acids is 1. The van der Waals surface area contributed by atoms with Crippen molar-refractivity contribution in [1.82, 2.24) is 5.32 Å². The van der Waals surface area contributed by atoms with Gasteiger partial charge in [0.25, 0.3) is 0 Å². The largest absolute Gasteiger partial charge is 0.481 e. The molecule has 1 aromatic rings. The third-order valence-electron chi connectivity index (χ3n) is 3.18. The lowest BCUT2D eigenvalue weighted by Crippen LogP contribution is -2.40. The summed E-state index contributed by atoms with van der Waals surface area (Å²) in [6, 6.07) is 3.27. The van der Waals surface area contributed by atoms with E-state index in [2.05, 4.69) is 5.32 Å². The molecule has 6 heteroatoms. The summed E-state index contributed by atoms with van der Waals surface area (Å²) in [4.78, 5) is 22.4. The number of benzene rings is 1. The Morgan fingerprint density at radius 3 is 2.55 bits per heavy atom. The summed E-state index contributed by atoms with van der Waals surface area (Å²) in [5, 5.41) is 11.3. The summed E-state index contributed by atoms with van der Waals surface area (Å²) in [5.41, 5.74) is 0.124. The molecule has 1 aromatic carbocycles. The van der Waals surface area contributed by atoms with Gasteiger partial charge in [0.05, 0.1) is 5.92 Å². The first-order chi connectivity index (χ1) is 9.32. The smallest absolute Gasteiger partial charge is 0.308 e. The number of amides is 1. The summed E-state index contributed by atoms with van der Waals surface area (Å²) in [6.07, 6.45) is 0.0284. The van der Waals surface area contributed by atoms with Gasteiger partial charge < -0.3 is 10.4 Å². The molecule has 0 saturated carbocycles. The third kappa shape index (κ3) is 4.29. The maximum atomic E-state index is 13.4. The summed E-state index contributed by atoms with van der Waals surface area (Å²) in [7, 11) is 0. The zero-order chi connectivity index (χ0) is 15.3. The summed E-state index contributed by atoms with van der Waals surface area (Å²) in [6.45, 7) is 3.07. The van der Waals surface area contributed by atoms with Gasteiger partial charge in [0.15, 0.2) is 11.6 Å². The molecule has 0 heterocycles. The van der Waals surface area contributed by atoms with E-state index >= 15 is 0 Å². The number of aryl methyl sites for hydroxylation is 1. The molecule has 0 aliphatic rings. The van der Waals surface area contributed by atoms with Crippen LogP contribution in [0.3, 0.4) is 0 Å². The Kier molecular flexibility index (Phi) is 5.61. The number of hydrogen-bond donors (Lipinski definition) is 2. The number of halogens is 2. The SMILES string of the molecule is CC(NC(=O)CCc1cccc(F)c1F)C(C)C(=O)O. The minimum atomic E-state index is -1.01. The molecule has 1 rings (SSSR count). The highest BCUT2D eigenvalue weighted by atomic mass is 19.2. The van der Waals surface area contributed by atoms with Crippen LogP contribution < -0.4 is 5.32 Å². The van der Waals surface area contributed by atoms with Crippen LogP contribution in [0.25, 0.3) is 0 Å². The van der Waals surface area contributed by atoms with Crippen LogP contribution in [-0.4, -0.2) is 23.0 Å². The Morgan fingerprint density at radius 2 is 1.95 bits per heavy atom. The number of nitrogens with one attached hydrogen (secondary N) is 1. The lowest BCUT2D eigenvalue weighted by molar-refractivity contribution is -0.142. The quantitative estimate of drug-likeness (QED) is 0.841. The van der Waals surface area contributed by atoms with E-state index in [9.17, 15) is 18.4 Å². The Balaban J connectivity index is 2.52. The zero-order valence-corrected chi connectivity index (χ0v) is 11.3. The van der Waals surface area contributed by atoms with Crippen LogP contribution in [0.15, 0.2) is 18.2 Å². The number of carbonyl (C=O) groups is 2. The maximum absolute atomic E-state index is 13.4. The molecule has 0 saturated heterocycles. The van der Waals surface area contributed by atoms with E-state index in [1.165, 1.54) is 19.1 Å². The average molecular weight is 285 g/mol. The van der Waals surface area contributed by atoms with Gasteiger partial charge in [-0.05, 0) is 31.9 Å². The fourth-order valence-corrected chi connectivity index (χ4v) is 1.65. The van der Waals surface area contributed by atoms with Crippen LogP contribution in [0.1, 0.15) is 25.8 Å². The lowest BCUT2D eigenvalue weighted by atomic mass is 10.0. The van der Waals surface area contributed by atoms with E-state index in [4.69, 9.17) is 5.11 Å². The standard InChI is InChI=1S/C14H17F2NO3/c1-8(14(19)20)9(2)17-12(18)7-6-10-4-3-5-11(15)13(10)16/h3-5,8-9H,6-7H2,1-2H3,(H,17,18)(H,19,20). The predicted molar refractivity (Wildman–Crippen MR) is 69.1 cm³/mol. The zero-order valence-electron chi connectivity index (χ0n) is 11.3. The Labute approximate surface area is 115 Å². The molecule has 2 N–H and O–H groups in total. The van der Waals surface area contributed by atoms with Gasteiger partial charge in [0.1, 0.15) is 0 Å². The van der Waals surface area contributed by atoms with Crippen molar-refractivity contribution in [3.63, 3.8) is 0 Å². The highest BCUT2D eigenvalue weighted by molar-refractivity contribution is 5.78. The summed E-state index contributed by atoms with van der Waals surface area (Å²) < 4.78 is 26.3. The van der Waals surface area contributed by atoms with Crippen molar-refractivity contribution in [3.05, 3.63) is 35.4 Å². The van der Waals surface area contributed by atoms with E-state index in [1.54, 1.807) is 6.92 Å². The van der Waals surface area contributed by atoms with Gasteiger partial charge in [-0.3, -0.25) is 9.59 Å². The molecule has 20 heavy (non-hydrogen) atoms. The van der Waals surface area contributed by atoms with Crippen LogP contribution in [-0.2, 0) is 16.0 Å². The molecule has 0 aliphatic carbocycles. The average Bonchev–Trinajstić information content (AvgIpc) is 2.39. The van der Waals surface area contributed by atoms with E-state index in [-0.39, 0.29) is 18.4 Å². The van der Waals surface area contributed by atoms with Crippen molar-refractivity contribution in [3.8, 4) is 0 Å². The Bertz CT molecular complexity index is 505. The summed E-state index contributed by atoms with van der Waals surface area (Å²) >= 11 is 0. The number of carbonyl (C=O) groups excluding carboxylic acids is 1. The van der Waals surface area contributed by atoms with Gasteiger partial charge in [0.2, 0.25) is 5.91 Å². The fraction of sp³-hybridized carbons (Fsp3) is 0.429. The molecule has 0 radical (unpaired) electrons. The first-order valence-corrected chi connectivity index (χ1v) is 6.28. The first-order valence-electron chi connectivity index (χ1n) is 6.28. The summed E-state index contributed by atoms with van der Waals surface area (Å²) in [5.74, 6) is -4.02. The van der Waals surface area contributed by atoms with Crippen LogP contribution in [0.5, 0.6) is 0 Å². The van der Waals surface area contributed by atoms with Crippen LogP contribution in [0.4, 0.5) is 8.78 Å². The molecule has 0 fully saturated rings. The monoisotopic (exact) mass is 285 g/mol. The second-order valence-electron chi connectivity index (χ2n) is 4.70. The van der Waals surface area contributed by atoms with Crippen LogP contribution in [0, 0.1) is 17.6 Å². The van der Waals surface area contributed by atoms with Crippen LogP contribution in [0.2, 0.25) is 0 Å². The van der Waals surface area contributed by atoms with Crippen molar-refractivity contribution in [1.29, 1.82) is 0 Å². The van der Waals surface area contributed by atoms with Crippen molar-refractivity contribution >= 4 is 11.9 Å². The number of rotatable bonds is 6. The molecule has 0 spiro atoms. The molecular formula is C14H17F2NO3. The van der Waals surface area contributed by atoms with Crippen molar-refractivity contribution in [2.24, 2.45) is 5.92 Å². The van der Waals surface area contributed by atoms with Crippen molar-refractivity contribution in [2.75, 3.05) is 0 Å². The van der Waals surface area contributed by atoms with Gasteiger partial charge in [-0.2, -0.15) is 0 Å². The van der Waals surface area contributed by atoms with Gasteiger partial charge >= 0.3 is 5.97 Å². The van der Waals surface area contributed by atoms with E-state index in [0.29, 0.717) is 0 Å². The molecule has 2 unspecified atom stereocenters. The van der Waals surface area contributed by atoms with Gasteiger partial charge in [0, 0.05) is 12.5 Å². The first kappa shape index (κ1) is 16.1. The third-order valence-corrected chi connectivity index (χ3v) is 3.18. The highest BCUT2D eigenvalue weighted by Gasteiger charge is 2.21. The normalized spacial score (nSPS) is 13.6. The van der Waals surface area contributed by atoms with Gasteiger partial charge in [-0.1, -0.05) is 12.1 Å². The Morgan fingerprint density at radius 1 is 1.30 bits per heavy atom. The van der Waals surface area contributed by atoms with E-state index in [1.807, 2.05) is 0 Å². The van der Waals surface area contributed by atoms with E-state index in [0.717, 1.165) is 6.07 Å². The molecule has 0 bridgehead atoms. The van der Waals surface area contributed by atoms with Crippen molar-refractivity contribution < 1.29 is 23.5 Å². The minimum absolute atomic E-state index is 0.0307. The van der Waals surface area contributed by atoms with E-state index < -0.39 is 35.5 Å². The predicted octanol–water partition coefficient (Wildman–Crippen LogP) is 2.12. The highest BCUT2D eigenvalue weighted by Crippen LogP contribution is 2.13. The topological polar surface area (TPSA) is 66.4 Å². The molecule has 4 nitrogen and oxygen atoms in total. The van der Waals surface area contributed by atoms with Gasteiger partial charge in [-0.15, -0.1) is 0 Å². The molecule has 1 amide bonds. The molecule has 110 valence electrons. The second-order valence-corrected chi connectivity index (χ2v) is 4.70. The lowest BCUT2D eigenvalue weighted by Gasteiger charge is -2.17. The molecule has 2 atom stereocenters. The number of carboxylic acid groups (broad SMARTS) is 1. The molecule has 0 aliphatic heterocycles. The van der Waals surface area contributed by atoms with Crippen LogP contribution >= 0.6 is 0 Å².